The lowest BCUT2D eigenvalue weighted by Gasteiger charge is -2.23. The van der Waals surface area contributed by atoms with Crippen LogP contribution >= 0.6 is 0 Å². The number of ether oxygens (including phenoxy) is 1. The molecule has 1 aliphatic heterocycles. The molecule has 2 aliphatic rings. The lowest BCUT2D eigenvalue weighted by Crippen LogP contribution is -2.32. The summed E-state index contributed by atoms with van der Waals surface area (Å²) in [4.78, 5) is 2.38. The van der Waals surface area contributed by atoms with E-state index in [2.05, 4.69) is 18.7 Å². The Hall–Kier alpha value is -0.290. The van der Waals surface area contributed by atoms with Crippen molar-refractivity contribution in [3.05, 3.63) is 0 Å². The van der Waals surface area contributed by atoms with Gasteiger partial charge in [0, 0.05) is 19.1 Å². The number of nitrogens with zero attached hydrogens (tertiary/aromatic N) is 1. The van der Waals surface area contributed by atoms with Crippen LogP contribution in [0.5, 0.6) is 0 Å². The highest BCUT2D eigenvalue weighted by molar-refractivity contribution is 5.05. The van der Waals surface area contributed by atoms with E-state index in [1.165, 1.54) is 0 Å². The highest BCUT2D eigenvalue weighted by atomic mass is 19.4. The van der Waals surface area contributed by atoms with Crippen molar-refractivity contribution in [2.75, 3.05) is 26.3 Å². The van der Waals surface area contributed by atoms with Crippen molar-refractivity contribution in [3.8, 4) is 0 Å². The molecule has 1 unspecified atom stereocenters. The van der Waals surface area contributed by atoms with Crippen molar-refractivity contribution in [2.45, 2.75) is 26.1 Å². The van der Waals surface area contributed by atoms with Crippen LogP contribution < -0.4 is 0 Å². The summed E-state index contributed by atoms with van der Waals surface area (Å²) in [5, 5.41) is 0. The summed E-state index contributed by atoms with van der Waals surface area (Å²) in [6.07, 6.45) is -4.19. The van der Waals surface area contributed by atoms with E-state index >= 15 is 0 Å². The van der Waals surface area contributed by atoms with E-state index in [9.17, 15) is 13.2 Å². The van der Waals surface area contributed by atoms with Gasteiger partial charge >= 0.3 is 6.18 Å². The molecule has 0 radical (unpaired) electrons. The smallest absolute Gasteiger partial charge is 0.372 e. The van der Waals surface area contributed by atoms with E-state index in [0.29, 0.717) is 23.8 Å². The van der Waals surface area contributed by atoms with E-state index in [1.54, 1.807) is 0 Å². The second-order valence-corrected chi connectivity index (χ2v) is 5.17. The van der Waals surface area contributed by atoms with Crippen molar-refractivity contribution in [1.82, 2.24) is 4.90 Å². The van der Waals surface area contributed by atoms with Gasteiger partial charge in [0.2, 0.25) is 0 Å². The summed E-state index contributed by atoms with van der Waals surface area (Å²) in [5.74, 6) is 1.53. The molecular formula is C11H18F3NO. The molecule has 2 fully saturated rings. The van der Waals surface area contributed by atoms with Gasteiger partial charge in [0.25, 0.3) is 0 Å². The van der Waals surface area contributed by atoms with E-state index in [0.717, 1.165) is 13.1 Å². The Labute approximate surface area is 93.7 Å². The van der Waals surface area contributed by atoms with Gasteiger partial charge in [-0.25, -0.2) is 0 Å². The number of hydrogen-bond acceptors (Lipinski definition) is 2. The fraction of sp³-hybridized carbons (Fsp3) is 1.00. The zero-order valence-electron chi connectivity index (χ0n) is 9.63. The highest BCUT2D eigenvalue weighted by Gasteiger charge is 2.55. The third kappa shape index (κ3) is 2.69. The summed E-state index contributed by atoms with van der Waals surface area (Å²) >= 11 is 0. The zero-order chi connectivity index (χ0) is 11.9. The molecule has 1 heterocycles. The molecule has 1 saturated carbocycles. The van der Waals surface area contributed by atoms with Crippen molar-refractivity contribution >= 4 is 0 Å². The van der Waals surface area contributed by atoms with Crippen LogP contribution in [0, 0.1) is 17.8 Å². The molecule has 0 aromatic rings. The Morgan fingerprint density at radius 2 is 1.81 bits per heavy atom. The largest absolute Gasteiger partial charge is 0.411 e. The molecule has 0 bridgehead atoms. The SMILES string of the molecule is CC(C)N1CC2[C@H](COCC(F)(F)F)[C@H]2C1. The van der Waals surface area contributed by atoms with Gasteiger partial charge in [0.15, 0.2) is 0 Å². The number of halogens is 3. The van der Waals surface area contributed by atoms with Gasteiger partial charge in [0.05, 0.1) is 6.61 Å². The molecule has 0 amide bonds. The minimum Gasteiger partial charge on any atom is -0.372 e. The summed E-state index contributed by atoms with van der Waals surface area (Å²) in [6, 6.07) is 0.546. The zero-order valence-corrected chi connectivity index (χ0v) is 9.63. The van der Waals surface area contributed by atoms with Crippen LogP contribution in [0.15, 0.2) is 0 Å². The monoisotopic (exact) mass is 237 g/mol. The molecular weight excluding hydrogens is 219 g/mol. The second-order valence-electron chi connectivity index (χ2n) is 5.17. The molecule has 2 rings (SSSR count). The topological polar surface area (TPSA) is 12.5 Å². The number of hydrogen-bond donors (Lipinski definition) is 0. The number of likely N-dealkylation sites (tertiary alicyclic amines) is 1. The van der Waals surface area contributed by atoms with Crippen molar-refractivity contribution < 1.29 is 17.9 Å². The van der Waals surface area contributed by atoms with E-state index in [4.69, 9.17) is 4.74 Å². The van der Waals surface area contributed by atoms with Crippen LogP contribution in [0.3, 0.4) is 0 Å². The van der Waals surface area contributed by atoms with Crippen LogP contribution in [0.25, 0.3) is 0 Å². The number of piperidine rings is 1. The summed E-state index contributed by atoms with van der Waals surface area (Å²) < 4.78 is 40.3. The van der Waals surface area contributed by atoms with Crippen LogP contribution in [-0.4, -0.2) is 43.4 Å². The number of fused-ring (bicyclic) bond motifs is 1. The molecule has 0 spiro atoms. The fourth-order valence-electron chi connectivity index (χ4n) is 2.66. The average Bonchev–Trinajstić information content (AvgIpc) is 2.59. The van der Waals surface area contributed by atoms with Gasteiger partial charge in [-0.05, 0) is 31.6 Å². The van der Waals surface area contributed by atoms with Gasteiger partial charge < -0.3 is 9.64 Å². The Morgan fingerprint density at radius 3 is 2.25 bits per heavy atom. The molecule has 0 N–H and O–H groups in total. The van der Waals surface area contributed by atoms with Crippen LogP contribution in [0.2, 0.25) is 0 Å². The Bertz CT molecular complexity index is 242. The molecule has 2 nitrogen and oxygen atoms in total. The van der Waals surface area contributed by atoms with Gasteiger partial charge in [-0.3, -0.25) is 0 Å². The Kier molecular flexibility index (Phi) is 3.18. The molecule has 0 aromatic heterocycles. The fourth-order valence-corrected chi connectivity index (χ4v) is 2.66. The average molecular weight is 237 g/mol. The minimum absolute atomic E-state index is 0.279. The van der Waals surface area contributed by atoms with Crippen molar-refractivity contribution in [1.29, 1.82) is 0 Å². The first-order chi connectivity index (χ1) is 7.38. The lowest BCUT2D eigenvalue weighted by atomic mass is 10.2. The molecule has 5 heteroatoms. The summed E-state index contributed by atoms with van der Waals surface area (Å²) in [7, 11) is 0. The van der Waals surface area contributed by atoms with Crippen molar-refractivity contribution in [3.63, 3.8) is 0 Å². The van der Waals surface area contributed by atoms with Gasteiger partial charge in [0.1, 0.15) is 6.61 Å². The molecule has 3 atom stereocenters. The summed E-state index contributed by atoms with van der Waals surface area (Å²) in [5.41, 5.74) is 0. The Balaban J connectivity index is 1.63. The lowest BCUT2D eigenvalue weighted by molar-refractivity contribution is -0.175. The van der Waals surface area contributed by atoms with Crippen LogP contribution in [-0.2, 0) is 4.74 Å². The van der Waals surface area contributed by atoms with Crippen LogP contribution in [0.1, 0.15) is 13.8 Å². The standard InChI is InChI=1S/C11H18F3NO/c1-7(2)15-3-8-9(4-15)10(8)5-16-6-11(12,13)14/h7-10H,3-6H2,1-2H3/t8-,9?,10+/m0/s1. The minimum atomic E-state index is -4.19. The van der Waals surface area contributed by atoms with E-state index in [1.807, 2.05) is 0 Å². The molecule has 16 heavy (non-hydrogen) atoms. The number of rotatable bonds is 4. The molecule has 0 aromatic carbocycles. The maximum Gasteiger partial charge on any atom is 0.411 e. The molecule has 1 aliphatic carbocycles. The van der Waals surface area contributed by atoms with E-state index < -0.39 is 12.8 Å². The predicted octanol–water partition coefficient (Wildman–Crippen LogP) is 2.15. The van der Waals surface area contributed by atoms with Crippen molar-refractivity contribution in [2.24, 2.45) is 17.8 Å². The first-order valence-corrected chi connectivity index (χ1v) is 5.77. The molecule has 94 valence electrons. The number of alkyl halides is 3. The Morgan fingerprint density at radius 1 is 1.25 bits per heavy atom. The quantitative estimate of drug-likeness (QED) is 0.743. The van der Waals surface area contributed by atoms with E-state index in [-0.39, 0.29) is 6.61 Å². The third-order valence-corrected chi connectivity index (χ3v) is 3.71. The third-order valence-electron chi connectivity index (χ3n) is 3.71. The predicted molar refractivity (Wildman–Crippen MR) is 54.1 cm³/mol. The summed E-state index contributed by atoms with van der Waals surface area (Å²) in [6.45, 7) is 5.54. The van der Waals surface area contributed by atoms with Gasteiger partial charge in [-0.2, -0.15) is 13.2 Å². The normalized spacial score (nSPS) is 34.5. The second kappa shape index (κ2) is 4.18. The maximum absolute atomic E-state index is 11.9. The first-order valence-electron chi connectivity index (χ1n) is 5.77. The maximum atomic E-state index is 11.9. The van der Waals surface area contributed by atoms with Crippen LogP contribution in [0.4, 0.5) is 13.2 Å². The van der Waals surface area contributed by atoms with Gasteiger partial charge in [-0.1, -0.05) is 0 Å². The highest BCUT2D eigenvalue weighted by Crippen LogP contribution is 2.52. The molecule has 1 saturated heterocycles. The first kappa shape index (κ1) is 12.2. The van der Waals surface area contributed by atoms with Gasteiger partial charge in [-0.15, -0.1) is 0 Å².